The van der Waals surface area contributed by atoms with Gasteiger partial charge in [-0.15, -0.1) is 0 Å². The van der Waals surface area contributed by atoms with E-state index in [4.69, 9.17) is 17.2 Å². The Bertz CT molecular complexity index is 893. The molecule has 1 aromatic carbocycles. The molecule has 0 aliphatic heterocycles. The Hall–Kier alpha value is -4.00. The summed E-state index contributed by atoms with van der Waals surface area (Å²) in [7, 11) is 0. The minimum absolute atomic E-state index is 0.212. The van der Waals surface area contributed by atoms with Gasteiger partial charge in [-0.2, -0.15) is 0 Å². The van der Waals surface area contributed by atoms with Crippen LogP contribution in [-0.2, 0) is 35.2 Å². The van der Waals surface area contributed by atoms with Crippen molar-refractivity contribution >= 4 is 35.5 Å². The topological polar surface area (TPSA) is 237 Å². The number of nitrogens with one attached hydrogen (secondary N) is 3. The fourth-order valence-corrected chi connectivity index (χ4v) is 2.88. The lowest BCUT2D eigenvalue weighted by Gasteiger charge is -2.21. The van der Waals surface area contributed by atoms with E-state index in [1.807, 2.05) is 6.07 Å². The van der Waals surface area contributed by atoms with Crippen molar-refractivity contribution in [2.24, 2.45) is 17.2 Å². The van der Waals surface area contributed by atoms with Crippen molar-refractivity contribution in [1.29, 1.82) is 0 Å². The molecule has 0 spiro atoms. The normalized spacial score (nSPS) is 13.1. The number of aliphatic carboxylic acids is 1. The fraction of sp³-hybridized carbons (Fsp3) is 0.429. The van der Waals surface area contributed by atoms with Crippen molar-refractivity contribution in [1.82, 2.24) is 16.0 Å². The Kier molecular flexibility index (Phi) is 11.7. The zero-order valence-electron chi connectivity index (χ0n) is 18.5. The van der Waals surface area contributed by atoms with Crippen LogP contribution < -0.4 is 33.2 Å². The molecular weight excluding hydrogens is 448 g/mol. The predicted octanol–water partition coefficient (Wildman–Crippen LogP) is -2.74. The molecule has 5 amide bonds. The van der Waals surface area contributed by atoms with E-state index in [0.717, 1.165) is 5.56 Å². The molecule has 13 heteroatoms. The Morgan fingerprint density at radius 2 is 1.38 bits per heavy atom. The Morgan fingerprint density at radius 3 is 1.91 bits per heavy atom. The first-order chi connectivity index (χ1) is 16.0. The van der Waals surface area contributed by atoms with Gasteiger partial charge >= 0.3 is 5.97 Å². The molecule has 10 N–H and O–H groups in total. The van der Waals surface area contributed by atoms with Gasteiger partial charge in [-0.25, -0.2) is 4.79 Å². The second-order valence-corrected chi connectivity index (χ2v) is 7.54. The lowest BCUT2D eigenvalue weighted by Crippen LogP contribution is -2.54. The van der Waals surface area contributed by atoms with Gasteiger partial charge in [0.25, 0.3) is 0 Å². The Morgan fingerprint density at radius 1 is 0.824 bits per heavy atom. The molecule has 3 atom stereocenters. The first-order valence-corrected chi connectivity index (χ1v) is 10.5. The molecule has 13 nitrogen and oxygen atoms in total. The van der Waals surface area contributed by atoms with Crippen LogP contribution in [0.2, 0.25) is 0 Å². The third-order valence-electron chi connectivity index (χ3n) is 4.68. The van der Waals surface area contributed by atoms with Crippen molar-refractivity contribution < 1.29 is 33.9 Å². The summed E-state index contributed by atoms with van der Waals surface area (Å²) in [5.41, 5.74) is 16.8. The minimum Gasteiger partial charge on any atom is -0.480 e. The highest BCUT2D eigenvalue weighted by Gasteiger charge is 2.27. The molecule has 0 aliphatic carbocycles. The van der Waals surface area contributed by atoms with Crippen LogP contribution in [-0.4, -0.2) is 65.3 Å². The highest BCUT2D eigenvalue weighted by atomic mass is 16.4. The summed E-state index contributed by atoms with van der Waals surface area (Å²) in [6.45, 7) is -0.508. The minimum atomic E-state index is -1.44. The van der Waals surface area contributed by atoms with Crippen LogP contribution >= 0.6 is 0 Å². The maximum absolute atomic E-state index is 12.5. The molecular formula is C21H30N6O7. The van der Waals surface area contributed by atoms with Gasteiger partial charge in [0.05, 0.1) is 12.6 Å². The van der Waals surface area contributed by atoms with Crippen LogP contribution in [0.4, 0.5) is 0 Å². The van der Waals surface area contributed by atoms with Crippen LogP contribution in [0, 0.1) is 0 Å². The molecule has 0 aromatic heterocycles. The molecule has 34 heavy (non-hydrogen) atoms. The number of carboxylic acid groups (broad SMARTS) is 1. The first-order valence-electron chi connectivity index (χ1n) is 10.5. The molecule has 0 aliphatic rings. The highest BCUT2D eigenvalue weighted by molar-refractivity contribution is 5.93. The average molecular weight is 479 g/mol. The summed E-state index contributed by atoms with van der Waals surface area (Å²) in [5, 5.41) is 16.1. The Labute approximate surface area is 195 Å². The van der Waals surface area contributed by atoms with Crippen molar-refractivity contribution in [2.75, 3.05) is 6.54 Å². The zero-order valence-corrected chi connectivity index (χ0v) is 18.5. The number of carbonyl (C=O) groups is 6. The summed E-state index contributed by atoms with van der Waals surface area (Å²) in [4.78, 5) is 70.4. The number of carbonyl (C=O) groups excluding carboxylic acids is 5. The van der Waals surface area contributed by atoms with Gasteiger partial charge in [0.1, 0.15) is 12.1 Å². The van der Waals surface area contributed by atoms with Crippen LogP contribution in [0.5, 0.6) is 0 Å². The smallest absolute Gasteiger partial charge is 0.326 e. The summed E-state index contributed by atoms with van der Waals surface area (Å²) < 4.78 is 0. The lowest BCUT2D eigenvalue weighted by atomic mass is 10.1. The summed E-state index contributed by atoms with van der Waals surface area (Å²) in [6.07, 6.45) is -0.783. The molecule has 1 aromatic rings. The van der Waals surface area contributed by atoms with E-state index in [9.17, 15) is 33.9 Å². The number of hydrogen-bond acceptors (Lipinski definition) is 7. The van der Waals surface area contributed by atoms with Crippen LogP contribution in [0.25, 0.3) is 0 Å². The number of hydrogen-bond donors (Lipinski definition) is 7. The molecule has 0 saturated heterocycles. The average Bonchev–Trinajstić information content (AvgIpc) is 2.77. The number of benzene rings is 1. The highest BCUT2D eigenvalue weighted by Crippen LogP contribution is 2.03. The SMILES string of the molecule is NC(=O)CCC(NC(=O)C(CCC(N)=O)NC(=O)CNC(=O)C(N)Cc1ccccc1)C(=O)O. The molecule has 0 bridgehead atoms. The quantitative estimate of drug-likeness (QED) is 0.139. The molecule has 186 valence electrons. The summed E-state index contributed by atoms with van der Waals surface area (Å²) in [5.74, 6) is -5.16. The molecule has 0 saturated carbocycles. The van der Waals surface area contributed by atoms with Gasteiger partial charge < -0.3 is 38.3 Å². The maximum atomic E-state index is 12.5. The van der Waals surface area contributed by atoms with E-state index in [1.165, 1.54) is 0 Å². The number of nitrogens with two attached hydrogens (primary N) is 3. The van der Waals surface area contributed by atoms with Gasteiger partial charge in [-0.1, -0.05) is 30.3 Å². The summed E-state index contributed by atoms with van der Waals surface area (Å²) >= 11 is 0. The van der Waals surface area contributed by atoms with Crippen LogP contribution in [0.15, 0.2) is 30.3 Å². The third-order valence-corrected chi connectivity index (χ3v) is 4.68. The fourth-order valence-electron chi connectivity index (χ4n) is 2.88. The van der Waals surface area contributed by atoms with Gasteiger partial charge in [0.15, 0.2) is 0 Å². The monoisotopic (exact) mass is 478 g/mol. The van der Waals surface area contributed by atoms with Crippen LogP contribution in [0.1, 0.15) is 31.2 Å². The van der Waals surface area contributed by atoms with E-state index >= 15 is 0 Å². The number of amides is 5. The molecule has 0 radical (unpaired) electrons. The maximum Gasteiger partial charge on any atom is 0.326 e. The molecule has 3 unspecified atom stereocenters. The standard InChI is InChI=1S/C21H30N6O7/c22-13(10-12-4-2-1-3-5-12)19(31)25-11-18(30)26-14(6-8-16(23)28)20(32)27-15(21(33)34)7-9-17(24)29/h1-5,13-15H,6-11,22H2,(H2,23,28)(H2,24,29)(H,25,31)(H,26,30)(H,27,32)(H,33,34). The van der Waals surface area contributed by atoms with Crippen LogP contribution in [0.3, 0.4) is 0 Å². The lowest BCUT2D eigenvalue weighted by molar-refractivity contribution is -0.142. The largest absolute Gasteiger partial charge is 0.480 e. The summed E-state index contributed by atoms with van der Waals surface area (Å²) in [6, 6.07) is 5.35. The van der Waals surface area contributed by atoms with Gasteiger partial charge in [0, 0.05) is 12.8 Å². The molecule has 0 heterocycles. The van der Waals surface area contributed by atoms with Crippen molar-refractivity contribution in [2.45, 2.75) is 50.2 Å². The molecule has 0 fully saturated rings. The number of rotatable bonds is 15. The predicted molar refractivity (Wildman–Crippen MR) is 119 cm³/mol. The van der Waals surface area contributed by atoms with Crippen molar-refractivity contribution in [3.8, 4) is 0 Å². The van der Waals surface area contributed by atoms with Crippen molar-refractivity contribution in [3.63, 3.8) is 0 Å². The second-order valence-electron chi connectivity index (χ2n) is 7.54. The third kappa shape index (κ3) is 11.0. The van der Waals surface area contributed by atoms with E-state index in [0.29, 0.717) is 0 Å². The van der Waals surface area contributed by atoms with Gasteiger partial charge in [-0.3, -0.25) is 24.0 Å². The second kappa shape index (κ2) is 14.2. The molecule has 1 rings (SSSR count). The number of primary amides is 2. The number of carboxylic acids is 1. The van der Waals surface area contributed by atoms with E-state index < -0.39 is 60.2 Å². The van der Waals surface area contributed by atoms with Crippen molar-refractivity contribution in [3.05, 3.63) is 35.9 Å². The van der Waals surface area contributed by atoms with Gasteiger partial charge in [-0.05, 0) is 24.8 Å². The van der Waals surface area contributed by atoms with E-state index in [-0.39, 0.29) is 32.1 Å². The first kappa shape index (κ1) is 28.0. The van der Waals surface area contributed by atoms with E-state index in [1.54, 1.807) is 24.3 Å². The van der Waals surface area contributed by atoms with E-state index in [2.05, 4.69) is 16.0 Å². The Balaban J connectivity index is 2.68. The zero-order chi connectivity index (χ0) is 25.7. The van der Waals surface area contributed by atoms with Gasteiger partial charge in [0.2, 0.25) is 29.5 Å².